The summed E-state index contributed by atoms with van der Waals surface area (Å²) in [7, 11) is -0.182. The molecule has 0 spiro atoms. The van der Waals surface area contributed by atoms with Crippen molar-refractivity contribution in [1.29, 1.82) is 0 Å². The van der Waals surface area contributed by atoms with E-state index in [1.54, 1.807) is 48.0 Å². The van der Waals surface area contributed by atoms with Crippen LogP contribution in [0.1, 0.15) is 67.3 Å². The molecule has 0 bridgehead atoms. The summed E-state index contributed by atoms with van der Waals surface area (Å²) in [6, 6.07) is 13.9. The molecule has 12 heteroatoms. The Hall–Kier alpha value is -4.03. The Kier molecular flexibility index (Phi) is 10.4. The van der Waals surface area contributed by atoms with Gasteiger partial charge in [0, 0.05) is 42.9 Å². The number of halogens is 2. The van der Waals surface area contributed by atoms with E-state index in [1.165, 1.54) is 7.11 Å². The van der Waals surface area contributed by atoms with Crippen LogP contribution in [-0.2, 0) is 21.1 Å². The third-order valence-electron chi connectivity index (χ3n) is 8.99. The Morgan fingerprint density at radius 1 is 0.939 bits per heavy atom. The highest BCUT2D eigenvalue weighted by atomic mass is 32.2. The van der Waals surface area contributed by atoms with Crippen LogP contribution in [0.3, 0.4) is 0 Å². The van der Waals surface area contributed by atoms with Gasteiger partial charge in [0.25, 0.3) is 5.91 Å². The molecule has 0 aliphatic heterocycles. The van der Waals surface area contributed by atoms with Crippen LogP contribution < -0.4 is 4.74 Å². The zero-order valence-corrected chi connectivity index (χ0v) is 30.4. The van der Waals surface area contributed by atoms with Crippen molar-refractivity contribution in [3.63, 3.8) is 0 Å². The summed E-state index contributed by atoms with van der Waals surface area (Å²) < 4.78 is 65.7. The molecule has 1 saturated carbocycles. The van der Waals surface area contributed by atoms with Crippen molar-refractivity contribution in [3.05, 3.63) is 82.2 Å². The Balaban J connectivity index is 1.52. The van der Waals surface area contributed by atoms with Crippen LogP contribution in [0.4, 0.5) is 13.6 Å². The molecule has 0 saturated heterocycles. The number of carbonyl (C=O) groups excluding carboxylic acids is 2. The average Bonchev–Trinajstić information content (AvgIpc) is 3.41. The highest BCUT2D eigenvalue weighted by molar-refractivity contribution is 7.90. The minimum absolute atomic E-state index is 0.0858. The molecule has 3 aromatic carbocycles. The summed E-state index contributed by atoms with van der Waals surface area (Å²) in [5.41, 5.74) is 1.85. The highest BCUT2D eigenvalue weighted by Crippen LogP contribution is 2.38. The average molecular weight is 713 g/mol. The van der Waals surface area contributed by atoms with Crippen molar-refractivity contribution in [1.82, 2.24) is 9.80 Å². The van der Waals surface area contributed by atoms with E-state index in [0.717, 1.165) is 35.3 Å². The second kappa shape index (κ2) is 14.1. The summed E-state index contributed by atoms with van der Waals surface area (Å²) in [6.45, 7) is 7.21. The molecule has 4 aromatic rings. The number of hydrogen-bond acceptors (Lipinski definition) is 7. The van der Waals surface area contributed by atoms with Crippen LogP contribution >= 0.6 is 11.3 Å². The number of methoxy groups -OCH3 is 1. The minimum atomic E-state index is -3.44. The normalized spacial score (nSPS) is 16.8. The first-order chi connectivity index (χ1) is 23.0. The molecular weight excluding hydrogens is 671 g/mol. The number of thiophene rings is 1. The Labute approximate surface area is 290 Å². The zero-order chi connectivity index (χ0) is 35.8. The number of fused-ring (bicyclic) bond motifs is 1. The first kappa shape index (κ1) is 36.3. The molecule has 8 nitrogen and oxygen atoms in total. The predicted octanol–water partition coefficient (Wildman–Crippen LogP) is 8.39. The number of ether oxygens (including phenoxy) is 2. The molecule has 1 heterocycles. The van der Waals surface area contributed by atoms with Gasteiger partial charge in [-0.3, -0.25) is 4.79 Å². The first-order valence-corrected chi connectivity index (χ1v) is 18.8. The van der Waals surface area contributed by atoms with E-state index >= 15 is 0 Å². The minimum Gasteiger partial charge on any atom is -0.496 e. The molecule has 0 atom stereocenters. The van der Waals surface area contributed by atoms with Crippen LogP contribution in [0.2, 0.25) is 0 Å². The Morgan fingerprint density at radius 3 is 2.18 bits per heavy atom. The topological polar surface area (TPSA) is 93.2 Å². The lowest BCUT2D eigenvalue weighted by molar-refractivity contribution is 0.0144. The lowest BCUT2D eigenvalue weighted by atomic mass is 9.89. The molecule has 2 amide bonds. The van der Waals surface area contributed by atoms with E-state index in [9.17, 15) is 26.8 Å². The predicted molar refractivity (Wildman–Crippen MR) is 188 cm³/mol. The van der Waals surface area contributed by atoms with Gasteiger partial charge < -0.3 is 19.3 Å². The van der Waals surface area contributed by atoms with Gasteiger partial charge >= 0.3 is 6.09 Å². The van der Waals surface area contributed by atoms with Crippen molar-refractivity contribution in [2.75, 3.05) is 20.4 Å². The van der Waals surface area contributed by atoms with Gasteiger partial charge in [-0.1, -0.05) is 18.2 Å². The fourth-order valence-corrected chi connectivity index (χ4v) is 8.24. The molecule has 262 valence electrons. The van der Waals surface area contributed by atoms with Crippen LogP contribution in [0.25, 0.3) is 21.2 Å². The lowest BCUT2D eigenvalue weighted by Gasteiger charge is -2.40. The van der Waals surface area contributed by atoms with Crippen molar-refractivity contribution in [3.8, 4) is 16.9 Å². The number of rotatable bonds is 8. The van der Waals surface area contributed by atoms with E-state index in [0.29, 0.717) is 48.1 Å². The van der Waals surface area contributed by atoms with Gasteiger partial charge in [0.1, 0.15) is 23.0 Å². The fourth-order valence-electron chi connectivity index (χ4n) is 6.39. The maximum atomic E-state index is 14.9. The quantitative estimate of drug-likeness (QED) is 0.182. The van der Waals surface area contributed by atoms with Crippen molar-refractivity contribution >= 4 is 43.3 Å². The van der Waals surface area contributed by atoms with E-state index in [1.807, 2.05) is 39.0 Å². The standard InChI is InChI=1S/C37H42F2N2O6S2/c1-22-32-29(38)16-17-30(39)34(32)48-33(22)35(42)41(27-14-12-26(13-15-27)40(5)36(43)47-37(2,3)4)21-25-19-24(11-18-31(25)46-6)23-9-8-10-28(20-23)49(7,44)45/h8-11,16-20,26-27H,12-15,21H2,1-7H3. The smallest absolute Gasteiger partial charge is 0.410 e. The maximum Gasteiger partial charge on any atom is 0.410 e. The SMILES string of the molecule is COc1ccc(-c2cccc(S(C)(=O)=O)c2)cc1CN(C(=O)c1sc2c(F)ccc(F)c2c1C)C1CCC(N(C)C(=O)OC(C)(C)C)CC1. The van der Waals surface area contributed by atoms with Gasteiger partial charge in [-0.15, -0.1) is 11.3 Å². The third kappa shape index (κ3) is 7.91. The van der Waals surface area contributed by atoms with Gasteiger partial charge in [0.15, 0.2) is 9.84 Å². The zero-order valence-electron chi connectivity index (χ0n) is 28.8. The summed E-state index contributed by atoms with van der Waals surface area (Å²) in [6.07, 6.45) is 3.14. The van der Waals surface area contributed by atoms with Gasteiger partial charge in [0.2, 0.25) is 0 Å². The molecule has 1 aliphatic carbocycles. The van der Waals surface area contributed by atoms with Crippen LogP contribution in [0.5, 0.6) is 5.75 Å². The molecule has 0 N–H and O–H groups in total. The van der Waals surface area contributed by atoms with Gasteiger partial charge in [-0.05, 0) is 106 Å². The number of sulfone groups is 1. The third-order valence-corrected chi connectivity index (χ3v) is 11.4. The second-order valence-electron chi connectivity index (χ2n) is 13.6. The van der Waals surface area contributed by atoms with Crippen molar-refractivity contribution in [2.24, 2.45) is 0 Å². The van der Waals surface area contributed by atoms with E-state index in [2.05, 4.69) is 0 Å². The Morgan fingerprint density at radius 2 is 1.57 bits per heavy atom. The maximum absolute atomic E-state index is 14.9. The molecule has 5 rings (SSSR count). The van der Waals surface area contributed by atoms with Crippen molar-refractivity contribution < 1.29 is 36.3 Å². The van der Waals surface area contributed by atoms with Crippen LogP contribution in [0.15, 0.2) is 59.5 Å². The number of hydrogen-bond donors (Lipinski definition) is 0. The molecule has 1 aliphatic rings. The summed E-state index contributed by atoms with van der Waals surface area (Å²) in [5.74, 6) is -1.00. The number of carbonyl (C=O) groups is 2. The molecular formula is C37H42F2N2O6S2. The van der Waals surface area contributed by atoms with E-state index in [4.69, 9.17) is 9.47 Å². The molecule has 1 fully saturated rings. The fraction of sp³-hybridized carbons (Fsp3) is 0.405. The van der Waals surface area contributed by atoms with Gasteiger partial charge in [0.05, 0.1) is 21.6 Å². The van der Waals surface area contributed by atoms with Crippen LogP contribution in [-0.4, -0.2) is 68.3 Å². The summed E-state index contributed by atoms with van der Waals surface area (Å²) >= 11 is 0.940. The number of nitrogens with zero attached hydrogens (tertiary/aromatic N) is 2. The summed E-state index contributed by atoms with van der Waals surface area (Å²) in [4.78, 5) is 31.2. The summed E-state index contributed by atoms with van der Waals surface area (Å²) in [5, 5.41) is 0.0985. The lowest BCUT2D eigenvalue weighted by Crippen LogP contribution is -2.47. The number of benzene rings is 3. The van der Waals surface area contributed by atoms with E-state index in [-0.39, 0.29) is 44.4 Å². The van der Waals surface area contributed by atoms with Crippen LogP contribution in [0, 0.1) is 18.6 Å². The largest absolute Gasteiger partial charge is 0.496 e. The first-order valence-electron chi connectivity index (χ1n) is 16.1. The second-order valence-corrected chi connectivity index (χ2v) is 16.6. The Bertz CT molecular complexity index is 2000. The number of aryl methyl sites for hydroxylation is 1. The van der Waals surface area contributed by atoms with Gasteiger partial charge in [-0.25, -0.2) is 22.0 Å². The molecule has 49 heavy (non-hydrogen) atoms. The highest BCUT2D eigenvalue weighted by Gasteiger charge is 2.35. The molecule has 0 unspecified atom stereocenters. The van der Waals surface area contributed by atoms with Gasteiger partial charge in [-0.2, -0.15) is 0 Å². The molecule has 1 aromatic heterocycles. The van der Waals surface area contributed by atoms with Crippen molar-refractivity contribution in [2.45, 2.75) is 82.5 Å². The monoisotopic (exact) mass is 712 g/mol. The molecule has 0 radical (unpaired) electrons. The number of amides is 2. The van der Waals surface area contributed by atoms with E-state index < -0.39 is 33.2 Å².